The molecular formula is C14H9ClN2O2S. The van der Waals surface area contributed by atoms with Crippen molar-refractivity contribution in [2.24, 2.45) is 0 Å². The molecule has 2 aromatic rings. The second-order valence-electron chi connectivity index (χ2n) is 4.29. The Morgan fingerprint density at radius 2 is 2.00 bits per heavy atom. The maximum absolute atomic E-state index is 11.7. The van der Waals surface area contributed by atoms with Gasteiger partial charge in [-0.15, -0.1) is 0 Å². The molecule has 1 aliphatic heterocycles. The van der Waals surface area contributed by atoms with Gasteiger partial charge in [-0.1, -0.05) is 23.4 Å². The minimum absolute atomic E-state index is 0.450. The van der Waals surface area contributed by atoms with Gasteiger partial charge in [-0.05, 0) is 30.3 Å². The largest absolute Gasteiger partial charge is 0.308 e. The molecule has 0 saturated heterocycles. The smallest absolute Gasteiger partial charge is 0.299 e. The van der Waals surface area contributed by atoms with Gasteiger partial charge in [0, 0.05) is 18.1 Å². The molecule has 0 atom stereocenters. The van der Waals surface area contributed by atoms with Crippen LogP contribution in [0.15, 0.2) is 46.5 Å². The lowest BCUT2D eigenvalue weighted by molar-refractivity contribution is -0.114. The Hall–Kier alpha value is -1.85. The van der Waals surface area contributed by atoms with Crippen LogP contribution in [0.2, 0.25) is 5.02 Å². The molecule has 1 amide bonds. The van der Waals surface area contributed by atoms with Crippen molar-refractivity contribution in [3.63, 3.8) is 0 Å². The second-order valence-corrected chi connectivity index (χ2v) is 5.82. The van der Waals surface area contributed by atoms with E-state index in [1.807, 2.05) is 18.2 Å². The van der Waals surface area contributed by atoms with Gasteiger partial charge in [0.1, 0.15) is 5.03 Å². The number of ketones is 1. The van der Waals surface area contributed by atoms with Crippen LogP contribution in [0, 0.1) is 0 Å². The van der Waals surface area contributed by atoms with Crippen molar-refractivity contribution in [1.29, 1.82) is 0 Å². The zero-order valence-corrected chi connectivity index (χ0v) is 12.0. The number of carbonyl (C=O) groups is 2. The summed E-state index contributed by atoms with van der Waals surface area (Å²) in [4.78, 5) is 29.8. The number of anilines is 1. The van der Waals surface area contributed by atoms with Gasteiger partial charge in [0.05, 0.1) is 16.3 Å². The number of Topliss-reactive ketones (excluding diaryl/α,β-unsaturated/α-hetero) is 1. The first-order valence-electron chi connectivity index (χ1n) is 5.82. The number of aromatic nitrogens is 1. The summed E-state index contributed by atoms with van der Waals surface area (Å²) in [6.07, 6.45) is 1.58. The third kappa shape index (κ3) is 2.19. The average Bonchev–Trinajstić information content (AvgIpc) is 2.66. The van der Waals surface area contributed by atoms with Gasteiger partial charge < -0.3 is 4.90 Å². The lowest BCUT2D eigenvalue weighted by Crippen LogP contribution is -2.24. The maximum Gasteiger partial charge on any atom is 0.299 e. The molecule has 0 radical (unpaired) electrons. The first-order valence-corrected chi connectivity index (χ1v) is 7.01. The van der Waals surface area contributed by atoms with Crippen LogP contribution in [-0.2, 0) is 4.79 Å². The van der Waals surface area contributed by atoms with Crippen LogP contribution in [-0.4, -0.2) is 23.7 Å². The number of benzene rings is 1. The van der Waals surface area contributed by atoms with Crippen LogP contribution < -0.4 is 4.90 Å². The number of amides is 1. The van der Waals surface area contributed by atoms with E-state index in [1.54, 1.807) is 25.4 Å². The number of rotatable bonds is 2. The second kappa shape index (κ2) is 4.92. The van der Waals surface area contributed by atoms with Crippen LogP contribution in [0.3, 0.4) is 0 Å². The Bertz CT molecular complexity index is 716. The third-order valence-electron chi connectivity index (χ3n) is 3.00. The fourth-order valence-electron chi connectivity index (χ4n) is 1.96. The molecule has 4 nitrogen and oxygen atoms in total. The van der Waals surface area contributed by atoms with Crippen molar-refractivity contribution >= 4 is 40.7 Å². The molecule has 0 aliphatic carbocycles. The number of halogens is 1. The first kappa shape index (κ1) is 13.1. The number of nitrogens with zero attached hydrogens (tertiary/aromatic N) is 2. The number of likely N-dealkylation sites (N-methyl/N-ethyl adjacent to an activating group) is 1. The van der Waals surface area contributed by atoms with Gasteiger partial charge in [-0.25, -0.2) is 4.98 Å². The van der Waals surface area contributed by atoms with Gasteiger partial charge in [-0.2, -0.15) is 0 Å². The molecule has 3 rings (SSSR count). The van der Waals surface area contributed by atoms with E-state index < -0.39 is 11.7 Å². The highest BCUT2D eigenvalue weighted by Gasteiger charge is 2.33. The summed E-state index contributed by atoms with van der Waals surface area (Å²) in [6, 6.07) is 8.89. The molecule has 0 unspecified atom stereocenters. The van der Waals surface area contributed by atoms with Crippen LogP contribution in [0.1, 0.15) is 10.4 Å². The number of hydrogen-bond donors (Lipinski definition) is 0. The molecule has 0 spiro atoms. The van der Waals surface area contributed by atoms with Crippen molar-refractivity contribution in [1.82, 2.24) is 4.98 Å². The van der Waals surface area contributed by atoms with Crippen LogP contribution >= 0.6 is 23.4 Å². The molecule has 2 heterocycles. The van der Waals surface area contributed by atoms with Crippen LogP contribution in [0.4, 0.5) is 5.69 Å². The van der Waals surface area contributed by atoms with E-state index in [0.717, 1.165) is 9.92 Å². The van der Waals surface area contributed by atoms with Gasteiger partial charge in [0.25, 0.3) is 11.7 Å². The molecule has 0 N–H and O–H groups in total. The summed E-state index contributed by atoms with van der Waals surface area (Å²) in [6.45, 7) is 0. The molecule has 6 heteroatoms. The maximum atomic E-state index is 11.7. The normalized spacial score (nSPS) is 13.8. The fraction of sp³-hybridized carbons (Fsp3) is 0.0714. The highest BCUT2D eigenvalue weighted by molar-refractivity contribution is 7.99. The summed E-state index contributed by atoms with van der Waals surface area (Å²) >= 11 is 7.24. The minimum Gasteiger partial charge on any atom is -0.308 e. The SMILES string of the molecule is CN1C(=O)C(=O)c2ccc(Sc3ccc(Cl)cn3)cc21. The predicted octanol–water partition coefficient (Wildman–Crippen LogP) is 3.05. The van der Waals surface area contributed by atoms with E-state index in [-0.39, 0.29) is 0 Å². The van der Waals surface area contributed by atoms with Crippen LogP contribution in [0.5, 0.6) is 0 Å². The van der Waals surface area contributed by atoms with Crippen molar-refractivity contribution < 1.29 is 9.59 Å². The first-order chi connectivity index (χ1) is 9.56. The molecular weight excluding hydrogens is 296 g/mol. The molecule has 100 valence electrons. The van der Waals surface area contributed by atoms with E-state index in [2.05, 4.69) is 4.98 Å². The Morgan fingerprint density at radius 3 is 2.70 bits per heavy atom. The summed E-state index contributed by atoms with van der Waals surface area (Å²) in [5.74, 6) is -0.949. The van der Waals surface area contributed by atoms with Crippen LogP contribution in [0.25, 0.3) is 0 Å². The Balaban J connectivity index is 1.92. The van der Waals surface area contributed by atoms with E-state index in [1.165, 1.54) is 16.7 Å². The molecule has 0 saturated carbocycles. The molecule has 0 bridgehead atoms. The van der Waals surface area contributed by atoms with Gasteiger partial charge in [0.2, 0.25) is 0 Å². The van der Waals surface area contributed by atoms with Gasteiger partial charge in [0.15, 0.2) is 0 Å². The van der Waals surface area contributed by atoms with E-state index in [9.17, 15) is 9.59 Å². The number of hydrogen-bond acceptors (Lipinski definition) is 4. The zero-order chi connectivity index (χ0) is 14.3. The molecule has 1 aromatic heterocycles. The minimum atomic E-state index is -0.494. The lowest BCUT2D eigenvalue weighted by Gasteiger charge is -2.10. The highest BCUT2D eigenvalue weighted by atomic mass is 35.5. The number of fused-ring (bicyclic) bond motifs is 1. The summed E-state index contributed by atoms with van der Waals surface area (Å²) < 4.78 is 0. The van der Waals surface area contributed by atoms with Gasteiger partial charge in [-0.3, -0.25) is 9.59 Å². The average molecular weight is 305 g/mol. The number of carbonyl (C=O) groups excluding carboxylic acids is 2. The number of pyridine rings is 1. The summed E-state index contributed by atoms with van der Waals surface area (Å²) in [5, 5.41) is 1.38. The van der Waals surface area contributed by atoms with Crippen molar-refractivity contribution in [3.8, 4) is 0 Å². The summed E-state index contributed by atoms with van der Waals surface area (Å²) in [5.41, 5.74) is 1.09. The fourth-order valence-corrected chi connectivity index (χ4v) is 2.87. The monoisotopic (exact) mass is 304 g/mol. The summed E-state index contributed by atoms with van der Waals surface area (Å²) in [7, 11) is 1.60. The van der Waals surface area contributed by atoms with Gasteiger partial charge >= 0.3 is 0 Å². The third-order valence-corrected chi connectivity index (χ3v) is 4.16. The topological polar surface area (TPSA) is 50.3 Å². The quantitative estimate of drug-likeness (QED) is 0.800. The van der Waals surface area contributed by atoms with Crippen molar-refractivity contribution in [2.45, 2.75) is 9.92 Å². The molecule has 1 aromatic carbocycles. The van der Waals surface area contributed by atoms with Crippen molar-refractivity contribution in [3.05, 3.63) is 47.1 Å². The Morgan fingerprint density at radius 1 is 1.20 bits per heavy atom. The Kier molecular flexibility index (Phi) is 3.23. The zero-order valence-electron chi connectivity index (χ0n) is 10.5. The molecule has 1 aliphatic rings. The molecule has 0 fully saturated rings. The highest BCUT2D eigenvalue weighted by Crippen LogP contribution is 2.34. The lowest BCUT2D eigenvalue weighted by atomic mass is 10.1. The van der Waals surface area contributed by atoms with E-state index in [0.29, 0.717) is 16.3 Å². The molecule has 20 heavy (non-hydrogen) atoms. The predicted molar refractivity (Wildman–Crippen MR) is 77.6 cm³/mol. The standard InChI is InChI=1S/C14H9ClN2O2S/c1-17-11-6-9(3-4-10(11)13(18)14(17)19)20-12-5-2-8(15)7-16-12/h2-7H,1H3. The Labute approximate surface area is 124 Å². The van der Waals surface area contributed by atoms with E-state index >= 15 is 0 Å². The van der Waals surface area contributed by atoms with E-state index in [4.69, 9.17) is 11.6 Å². The van der Waals surface area contributed by atoms with Crippen molar-refractivity contribution in [2.75, 3.05) is 11.9 Å².